The van der Waals surface area contributed by atoms with E-state index < -0.39 is 26.7 Å². The van der Waals surface area contributed by atoms with Crippen molar-refractivity contribution in [2.75, 3.05) is 13.1 Å². The minimum Gasteiger partial charge on any atom is -0.481 e. The molecule has 1 aliphatic heterocycles. The summed E-state index contributed by atoms with van der Waals surface area (Å²) in [7, 11) is -3.73. The number of piperidine rings is 1. The summed E-state index contributed by atoms with van der Waals surface area (Å²) in [6, 6.07) is 1.71. The average Bonchev–Trinajstić information content (AvgIpc) is 2.38. The van der Waals surface area contributed by atoms with Gasteiger partial charge in [0.2, 0.25) is 10.0 Å². The van der Waals surface area contributed by atoms with Crippen LogP contribution in [0.3, 0.4) is 0 Å². The largest absolute Gasteiger partial charge is 0.481 e. The molecule has 0 saturated carbocycles. The molecule has 0 aromatic rings. The first-order valence-corrected chi connectivity index (χ1v) is 7.92. The summed E-state index contributed by atoms with van der Waals surface area (Å²) in [5, 5.41) is 17.0. The zero-order chi connectivity index (χ0) is 14.7. The molecular formula is C12H20N2O4S. The van der Waals surface area contributed by atoms with Gasteiger partial charge in [-0.1, -0.05) is 13.3 Å². The summed E-state index contributed by atoms with van der Waals surface area (Å²) in [6.45, 7) is 3.49. The Balaban J connectivity index is 3.02. The molecule has 1 saturated heterocycles. The van der Waals surface area contributed by atoms with Crippen LogP contribution in [0.25, 0.3) is 0 Å². The molecule has 0 bridgehead atoms. The van der Waals surface area contributed by atoms with E-state index in [2.05, 4.69) is 0 Å². The highest BCUT2D eigenvalue weighted by Crippen LogP contribution is 2.36. The highest BCUT2D eigenvalue weighted by Gasteiger charge is 2.45. The van der Waals surface area contributed by atoms with E-state index in [1.54, 1.807) is 6.07 Å². The van der Waals surface area contributed by atoms with Gasteiger partial charge >= 0.3 is 5.97 Å². The maximum atomic E-state index is 12.1. The number of nitrogens with zero attached hydrogens (tertiary/aromatic N) is 2. The average molecular weight is 288 g/mol. The first-order chi connectivity index (χ1) is 8.80. The molecule has 2 atom stereocenters. The number of hydrogen-bond acceptors (Lipinski definition) is 4. The van der Waals surface area contributed by atoms with E-state index in [0.29, 0.717) is 32.2 Å². The second kappa shape index (κ2) is 5.88. The SMILES string of the molecule is CCCC1(C(=O)O)CCCN(S(=O)(=O)C(C)C#N)C1. The van der Waals surface area contributed by atoms with Crippen molar-refractivity contribution in [3.63, 3.8) is 0 Å². The second-order valence-corrected chi connectivity index (χ2v) is 7.34. The van der Waals surface area contributed by atoms with Gasteiger partial charge in [-0.05, 0) is 26.2 Å². The van der Waals surface area contributed by atoms with E-state index in [1.807, 2.05) is 6.92 Å². The van der Waals surface area contributed by atoms with Crippen molar-refractivity contribution in [3.05, 3.63) is 0 Å². The molecule has 1 aliphatic rings. The molecule has 0 radical (unpaired) electrons. The highest BCUT2D eigenvalue weighted by molar-refractivity contribution is 7.89. The van der Waals surface area contributed by atoms with Gasteiger partial charge in [0.1, 0.15) is 0 Å². The fourth-order valence-electron chi connectivity index (χ4n) is 2.56. The molecular weight excluding hydrogens is 268 g/mol. The molecule has 0 aromatic carbocycles. The Morgan fingerprint density at radius 3 is 2.68 bits per heavy atom. The minimum absolute atomic E-state index is 0.0233. The molecule has 1 heterocycles. The molecule has 2 unspecified atom stereocenters. The van der Waals surface area contributed by atoms with E-state index in [1.165, 1.54) is 11.2 Å². The topological polar surface area (TPSA) is 98.5 Å². The molecule has 108 valence electrons. The fraction of sp³-hybridized carbons (Fsp3) is 0.833. The van der Waals surface area contributed by atoms with Gasteiger partial charge < -0.3 is 5.11 Å². The van der Waals surface area contributed by atoms with Crippen LogP contribution in [0.4, 0.5) is 0 Å². The lowest BCUT2D eigenvalue weighted by molar-refractivity contribution is -0.151. The van der Waals surface area contributed by atoms with Crippen molar-refractivity contribution in [1.82, 2.24) is 4.31 Å². The number of carboxylic acids is 1. The molecule has 1 N–H and O–H groups in total. The summed E-state index contributed by atoms with van der Waals surface area (Å²) >= 11 is 0. The van der Waals surface area contributed by atoms with Crippen LogP contribution in [-0.2, 0) is 14.8 Å². The van der Waals surface area contributed by atoms with Crippen molar-refractivity contribution < 1.29 is 18.3 Å². The Morgan fingerprint density at radius 1 is 1.58 bits per heavy atom. The zero-order valence-corrected chi connectivity index (χ0v) is 12.1. The van der Waals surface area contributed by atoms with Crippen molar-refractivity contribution in [1.29, 1.82) is 5.26 Å². The molecule has 0 spiro atoms. The number of carbonyl (C=O) groups is 1. The van der Waals surface area contributed by atoms with Crippen LogP contribution < -0.4 is 0 Å². The third-order valence-electron chi connectivity index (χ3n) is 3.71. The van der Waals surface area contributed by atoms with Gasteiger partial charge in [0, 0.05) is 13.1 Å². The van der Waals surface area contributed by atoms with Gasteiger partial charge in [-0.15, -0.1) is 0 Å². The first kappa shape index (κ1) is 15.9. The maximum Gasteiger partial charge on any atom is 0.310 e. The smallest absolute Gasteiger partial charge is 0.310 e. The Bertz CT molecular complexity index is 478. The van der Waals surface area contributed by atoms with Crippen LogP contribution in [-0.4, -0.2) is 42.1 Å². The summed E-state index contributed by atoms with van der Waals surface area (Å²) in [5.41, 5.74) is -1.00. The minimum atomic E-state index is -3.73. The second-order valence-electron chi connectivity index (χ2n) is 5.09. The molecule has 6 nitrogen and oxygen atoms in total. The predicted molar refractivity (Wildman–Crippen MR) is 69.8 cm³/mol. The molecule has 19 heavy (non-hydrogen) atoms. The quantitative estimate of drug-likeness (QED) is 0.819. The van der Waals surface area contributed by atoms with Crippen LogP contribution in [0.15, 0.2) is 0 Å². The van der Waals surface area contributed by atoms with Gasteiger partial charge in [0.15, 0.2) is 5.25 Å². The standard InChI is InChI=1S/C12H20N2O4S/c1-3-5-12(11(15)16)6-4-7-14(9-12)19(17,18)10(2)8-13/h10H,3-7,9H2,1-2H3,(H,15,16). The highest BCUT2D eigenvalue weighted by atomic mass is 32.2. The van der Waals surface area contributed by atoms with E-state index in [9.17, 15) is 18.3 Å². The lowest BCUT2D eigenvalue weighted by atomic mass is 9.77. The summed E-state index contributed by atoms with van der Waals surface area (Å²) in [4.78, 5) is 11.5. The zero-order valence-electron chi connectivity index (χ0n) is 11.3. The van der Waals surface area contributed by atoms with Crippen LogP contribution in [0, 0.1) is 16.7 Å². The molecule has 0 aliphatic carbocycles. The van der Waals surface area contributed by atoms with Gasteiger partial charge in [-0.3, -0.25) is 4.79 Å². The van der Waals surface area contributed by atoms with Crippen LogP contribution in [0.1, 0.15) is 39.5 Å². The number of carboxylic acid groups (broad SMARTS) is 1. The van der Waals surface area contributed by atoms with Gasteiger partial charge in [-0.25, -0.2) is 8.42 Å². The van der Waals surface area contributed by atoms with E-state index in [4.69, 9.17) is 5.26 Å². The Labute approximate surface area is 114 Å². The van der Waals surface area contributed by atoms with E-state index in [0.717, 1.165) is 0 Å². The number of hydrogen-bond donors (Lipinski definition) is 1. The molecule has 0 aromatic heterocycles. The van der Waals surface area contributed by atoms with Crippen LogP contribution in [0.5, 0.6) is 0 Å². The number of rotatable bonds is 5. The van der Waals surface area contributed by atoms with Crippen molar-refractivity contribution in [2.45, 2.75) is 44.8 Å². The van der Waals surface area contributed by atoms with E-state index >= 15 is 0 Å². The van der Waals surface area contributed by atoms with Gasteiger partial charge in [0.25, 0.3) is 0 Å². The summed E-state index contributed by atoms with van der Waals surface area (Å²) < 4.78 is 25.5. The van der Waals surface area contributed by atoms with Crippen molar-refractivity contribution in [2.24, 2.45) is 5.41 Å². The normalized spacial score (nSPS) is 26.6. The van der Waals surface area contributed by atoms with Crippen LogP contribution >= 0.6 is 0 Å². The number of sulfonamides is 1. The number of aliphatic carboxylic acids is 1. The Hall–Kier alpha value is -1.13. The molecule has 0 amide bonds. The fourth-order valence-corrected chi connectivity index (χ4v) is 3.95. The monoisotopic (exact) mass is 288 g/mol. The van der Waals surface area contributed by atoms with Gasteiger partial charge in [-0.2, -0.15) is 9.57 Å². The lowest BCUT2D eigenvalue weighted by Gasteiger charge is -2.39. The third kappa shape index (κ3) is 3.07. The molecule has 7 heteroatoms. The lowest BCUT2D eigenvalue weighted by Crippen LogP contribution is -2.51. The Morgan fingerprint density at radius 2 is 2.21 bits per heavy atom. The van der Waals surface area contributed by atoms with E-state index in [-0.39, 0.29) is 6.54 Å². The van der Waals surface area contributed by atoms with Crippen molar-refractivity contribution >= 4 is 16.0 Å². The summed E-state index contributed by atoms with van der Waals surface area (Å²) in [6.07, 6.45) is 2.15. The maximum absolute atomic E-state index is 12.1. The summed E-state index contributed by atoms with van der Waals surface area (Å²) in [5.74, 6) is -0.945. The first-order valence-electron chi connectivity index (χ1n) is 6.42. The number of nitriles is 1. The molecule has 1 rings (SSSR count). The van der Waals surface area contributed by atoms with Crippen molar-refractivity contribution in [3.8, 4) is 6.07 Å². The third-order valence-corrected chi connectivity index (χ3v) is 5.74. The van der Waals surface area contributed by atoms with Crippen LogP contribution in [0.2, 0.25) is 0 Å². The predicted octanol–water partition coefficient (Wildman–Crippen LogP) is 1.20. The van der Waals surface area contributed by atoms with Gasteiger partial charge in [0.05, 0.1) is 11.5 Å². The molecule has 1 fully saturated rings. The Kier molecular flexibility index (Phi) is 4.93.